The van der Waals surface area contributed by atoms with Gasteiger partial charge < -0.3 is 19.9 Å². The first-order chi connectivity index (χ1) is 14.0. The number of benzene rings is 1. The van der Waals surface area contributed by atoms with Crippen LogP contribution in [0.1, 0.15) is 57.6 Å². The van der Waals surface area contributed by atoms with E-state index in [-0.39, 0.29) is 24.9 Å². The molecule has 29 heavy (non-hydrogen) atoms. The number of likely N-dealkylation sites (tertiary alicyclic amines) is 2. The van der Waals surface area contributed by atoms with Gasteiger partial charge in [-0.05, 0) is 62.2 Å². The van der Waals surface area contributed by atoms with Crippen molar-refractivity contribution in [1.82, 2.24) is 15.1 Å². The fourth-order valence-corrected chi connectivity index (χ4v) is 5.70. The van der Waals surface area contributed by atoms with Gasteiger partial charge in [0.2, 0.25) is 5.91 Å². The van der Waals surface area contributed by atoms with Crippen LogP contribution in [0, 0.1) is 5.92 Å². The third-order valence-electron chi connectivity index (χ3n) is 7.26. The first kappa shape index (κ1) is 20.2. The molecule has 1 aromatic carbocycles. The maximum atomic E-state index is 11.7. The van der Waals surface area contributed by atoms with Gasteiger partial charge in [-0.25, -0.2) is 4.79 Å². The lowest BCUT2D eigenvalue weighted by Gasteiger charge is -2.42. The molecule has 2 fully saturated rings. The largest absolute Gasteiger partial charge is 0.453 e. The second-order valence-electron chi connectivity index (χ2n) is 9.03. The van der Waals surface area contributed by atoms with Crippen molar-refractivity contribution in [2.45, 2.75) is 50.5 Å². The lowest BCUT2D eigenvalue weighted by atomic mass is 9.73. The Bertz CT molecular complexity index is 756. The van der Waals surface area contributed by atoms with E-state index in [1.54, 1.807) is 6.92 Å². The highest BCUT2D eigenvalue weighted by molar-refractivity contribution is 5.74. The minimum atomic E-state index is -0.197. The van der Waals surface area contributed by atoms with Crippen LogP contribution in [0.2, 0.25) is 0 Å². The Balaban J connectivity index is 0.00000256. The van der Waals surface area contributed by atoms with E-state index in [4.69, 9.17) is 4.74 Å². The Hall–Kier alpha value is -2.08. The number of methoxy groups -OCH3 is 1. The number of ether oxygens (including phenoxy) is 1. The highest BCUT2D eigenvalue weighted by Crippen LogP contribution is 2.50. The van der Waals surface area contributed by atoms with Gasteiger partial charge >= 0.3 is 6.09 Å². The summed E-state index contributed by atoms with van der Waals surface area (Å²) in [6.45, 7) is 6.57. The molecule has 1 N–H and O–H groups in total. The summed E-state index contributed by atoms with van der Waals surface area (Å²) in [6, 6.07) is 8.83. The number of hydrogen-bond donors (Lipinski definition) is 1. The molecule has 1 spiro atoms. The van der Waals surface area contributed by atoms with Crippen LogP contribution in [0.25, 0.3) is 0 Å². The zero-order chi connectivity index (χ0) is 20.4. The molecule has 2 amide bonds. The molecule has 1 aromatic rings. The summed E-state index contributed by atoms with van der Waals surface area (Å²) in [6.07, 6.45) is 5.26. The predicted molar refractivity (Wildman–Crippen MR) is 114 cm³/mol. The summed E-state index contributed by atoms with van der Waals surface area (Å²) in [5.41, 5.74) is 2.96. The number of hydrogen-bond acceptors (Lipinski definition) is 4. The molecule has 2 aliphatic heterocycles. The molecule has 6 heteroatoms. The third-order valence-corrected chi connectivity index (χ3v) is 7.26. The minimum Gasteiger partial charge on any atom is -0.453 e. The highest BCUT2D eigenvalue weighted by Gasteiger charge is 2.45. The van der Waals surface area contributed by atoms with Crippen molar-refractivity contribution in [2.75, 3.05) is 39.8 Å². The van der Waals surface area contributed by atoms with Crippen LogP contribution in [0.15, 0.2) is 24.3 Å². The maximum Gasteiger partial charge on any atom is 0.409 e. The molecule has 0 bridgehead atoms. The Morgan fingerprint density at radius 2 is 1.86 bits per heavy atom. The lowest BCUT2D eigenvalue weighted by molar-refractivity contribution is -0.119. The summed E-state index contributed by atoms with van der Waals surface area (Å²) in [7, 11) is 1.45. The number of fused-ring (bicyclic) bond motifs is 2. The van der Waals surface area contributed by atoms with Crippen LogP contribution in [0.3, 0.4) is 0 Å². The van der Waals surface area contributed by atoms with Crippen LogP contribution in [-0.2, 0) is 14.9 Å². The van der Waals surface area contributed by atoms with Crippen LogP contribution >= 0.6 is 0 Å². The van der Waals surface area contributed by atoms with Gasteiger partial charge in [-0.15, -0.1) is 0 Å². The highest BCUT2D eigenvalue weighted by atomic mass is 16.5. The number of nitrogens with one attached hydrogen (secondary N) is 1. The molecular weight excluding hydrogens is 366 g/mol. The van der Waals surface area contributed by atoms with Crippen LogP contribution < -0.4 is 5.32 Å². The van der Waals surface area contributed by atoms with E-state index < -0.39 is 0 Å². The fourth-order valence-electron chi connectivity index (χ4n) is 5.70. The number of rotatable bonds is 3. The normalized spacial score (nSPS) is 24.3. The van der Waals surface area contributed by atoms with E-state index in [9.17, 15) is 9.59 Å². The zero-order valence-electron chi connectivity index (χ0n) is 17.7. The van der Waals surface area contributed by atoms with E-state index in [2.05, 4.69) is 34.5 Å². The Morgan fingerprint density at radius 1 is 1.17 bits per heavy atom. The molecule has 160 valence electrons. The average Bonchev–Trinajstić information content (AvgIpc) is 3.02. The monoisotopic (exact) mass is 401 g/mol. The van der Waals surface area contributed by atoms with Crippen molar-refractivity contribution < 1.29 is 15.8 Å². The SMILES string of the molecule is COC(=O)N1CCC(CN2CCC3(CC2)C[C@H](NC(C)=O)c2ccccc23)CC1.[HH]. The van der Waals surface area contributed by atoms with Crippen molar-refractivity contribution in [1.29, 1.82) is 0 Å². The topological polar surface area (TPSA) is 61.9 Å². The molecule has 1 atom stereocenters. The maximum absolute atomic E-state index is 11.7. The first-order valence-electron chi connectivity index (χ1n) is 10.9. The number of nitrogens with zero attached hydrogens (tertiary/aromatic N) is 2. The van der Waals surface area contributed by atoms with Crippen LogP contribution in [0.5, 0.6) is 0 Å². The van der Waals surface area contributed by atoms with Gasteiger partial charge in [0.25, 0.3) is 0 Å². The summed E-state index contributed by atoms with van der Waals surface area (Å²) in [4.78, 5) is 27.8. The van der Waals surface area contributed by atoms with Crippen LogP contribution in [-0.4, -0.2) is 61.6 Å². The first-order valence-corrected chi connectivity index (χ1v) is 10.9. The summed E-state index contributed by atoms with van der Waals surface area (Å²) in [5.74, 6) is 0.713. The molecule has 2 saturated heterocycles. The van der Waals surface area contributed by atoms with Gasteiger partial charge in [0.15, 0.2) is 0 Å². The molecule has 0 unspecified atom stereocenters. The average molecular weight is 402 g/mol. The Labute approximate surface area is 175 Å². The number of carbonyl (C=O) groups excluding carboxylic acids is 2. The molecule has 3 aliphatic rings. The molecule has 2 heterocycles. The molecule has 4 rings (SSSR count). The van der Waals surface area contributed by atoms with E-state index in [1.807, 2.05) is 4.90 Å². The van der Waals surface area contributed by atoms with E-state index in [0.717, 1.165) is 64.8 Å². The van der Waals surface area contributed by atoms with Crippen molar-refractivity contribution >= 4 is 12.0 Å². The van der Waals surface area contributed by atoms with E-state index in [0.29, 0.717) is 5.92 Å². The second-order valence-corrected chi connectivity index (χ2v) is 9.03. The second kappa shape index (κ2) is 8.34. The van der Waals surface area contributed by atoms with Gasteiger partial charge in [-0.1, -0.05) is 24.3 Å². The molecule has 0 aromatic heterocycles. The third kappa shape index (κ3) is 4.13. The Kier molecular flexibility index (Phi) is 5.81. The van der Waals surface area contributed by atoms with Crippen molar-refractivity contribution in [3.8, 4) is 0 Å². The van der Waals surface area contributed by atoms with Gasteiger partial charge in [0.1, 0.15) is 0 Å². The van der Waals surface area contributed by atoms with Crippen LogP contribution in [0.4, 0.5) is 4.79 Å². The summed E-state index contributed by atoms with van der Waals surface area (Å²) < 4.78 is 4.84. The number of piperidine rings is 2. The summed E-state index contributed by atoms with van der Waals surface area (Å²) >= 11 is 0. The predicted octanol–water partition coefficient (Wildman–Crippen LogP) is 3.33. The zero-order valence-corrected chi connectivity index (χ0v) is 17.7. The number of carbonyl (C=O) groups is 2. The minimum absolute atomic E-state index is 0. The Morgan fingerprint density at radius 3 is 2.52 bits per heavy atom. The van der Waals surface area contributed by atoms with E-state index in [1.165, 1.54) is 18.2 Å². The van der Waals surface area contributed by atoms with Gasteiger partial charge in [-0.3, -0.25) is 4.79 Å². The van der Waals surface area contributed by atoms with Gasteiger partial charge in [-0.2, -0.15) is 0 Å². The molecule has 6 nitrogen and oxygen atoms in total. The number of amides is 2. The molecular formula is C23H35N3O3. The summed E-state index contributed by atoms with van der Waals surface area (Å²) in [5, 5.41) is 3.17. The smallest absolute Gasteiger partial charge is 0.409 e. The van der Waals surface area contributed by atoms with Gasteiger partial charge in [0.05, 0.1) is 13.2 Å². The van der Waals surface area contributed by atoms with Crippen molar-refractivity contribution in [2.24, 2.45) is 5.92 Å². The molecule has 0 radical (unpaired) electrons. The molecule has 0 saturated carbocycles. The van der Waals surface area contributed by atoms with Crippen molar-refractivity contribution in [3.05, 3.63) is 35.4 Å². The van der Waals surface area contributed by atoms with E-state index >= 15 is 0 Å². The fraction of sp³-hybridized carbons (Fsp3) is 0.652. The lowest BCUT2D eigenvalue weighted by Crippen LogP contribution is -2.46. The van der Waals surface area contributed by atoms with Gasteiger partial charge in [0, 0.05) is 33.4 Å². The molecule has 1 aliphatic carbocycles. The standard InChI is InChI=1S/C23H33N3O3.H2/c1-17(27)24-21-15-23(20-6-4-3-5-19(20)21)9-13-25(14-10-23)16-18-7-11-26(12-8-18)22(28)29-2;/h3-6,18,21H,7-16H2,1-2H3,(H,24,27);1H/t21-;/m0./s1. The van der Waals surface area contributed by atoms with Crippen molar-refractivity contribution in [3.63, 3.8) is 0 Å². The quantitative estimate of drug-likeness (QED) is 0.844.